The molecule has 27 heavy (non-hydrogen) atoms. The molecule has 138 valence electrons. The van der Waals surface area contributed by atoms with Gasteiger partial charge in [-0.1, -0.05) is 6.07 Å². The number of hydrogen-bond donors (Lipinski definition) is 2. The van der Waals surface area contributed by atoms with Crippen LogP contribution in [0.3, 0.4) is 0 Å². The molecule has 0 aliphatic heterocycles. The predicted octanol–water partition coefficient (Wildman–Crippen LogP) is 3.50. The van der Waals surface area contributed by atoms with Gasteiger partial charge >= 0.3 is 0 Å². The van der Waals surface area contributed by atoms with E-state index in [4.69, 9.17) is 4.74 Å². The number of carbonyl (C=O) groups is 2. The summed E-state index contributed by atoms with van der Waals surface area (Å²) in [6.07, 6.45) is 0. The molecule has 7 heteroatoms. The molecule has 0 saturated carbocycles. The van der Waals surface area contributed by atoms with Gasteiger partial charge in [0.15, 0.2) is 6.61 Å². The zero-order chi connectivity index (χ0) is 19.2. The molecule has 0 unspecified atom stereocenters. The van der Waals surface area contributed by atoms with Gasteiger partial charge in [-0.2, -0.15) is 0 Å². The lowest BCUT2D eigenvalue weighted by Gasteiger charge is -2.09. The SMILES string of the molecule is CNC(=O)c1cccc(NC(=O)COc2ccc(-c3nc(C)cs3)cc2)c1. The third-order valence-corrected chi connectivity index (χ3v) is 4.73. The van der Waals surface area contributed by atoms with Gasteiger partial charge in [-0.3, -0.25) is 9.59 Å². The van der Waals surface area contributed by atoms with Crippen LogP contribution in [0.25, 0.3) is 10.6 Å². The van der Waals surface area contributed by atoms with Crippen molar-refractivity contribution in [3.05, 3.63) is 65.2 Å². The number of thiazole rings is 1. The molecular formula is C20H19N3O3S. The molecule has 0 aliphatic carbocycles. The average Bonchev–Trinajstić information content (AvgIpc) is 3.12. The maximum atomic E-state index is 12.1. The number of hydrogen-bond acceptors (Lipinski definition) is 5. The Labute approximate surface area is 161 Å². The molecule has 6 nitrogen and oxygen atoms in total. The molecular weight excluding hydrogens is 362 g/mol. The van der Waals surface area contributed by atoms with Crippen LogP contribution in [0.5, 0.6) is 5.75 Å². The monoisotopic (exact) mass is 381 g/mol. The lowest BCUT2D eigenvalue weighted by Crippen LogP contribution is -2.21. The Hall–Kier alpha value is -3.19. The van der Waals surface area contributed by atoms with Crippen LogP contribution in [0.4, 0.5) is 5.69 Å². The molecule has 3 rings (SSSR count). The van der Waals surface area contributed by atoms with Crippen LogP contribution in [-0.2, 0) is 4.79 Å². The number of anilines is 1. The summed E-state index contributed by atoms with van der Waals surface area (Å²) in [6.45, 7) is 1.83. The number of nitrogens with zero attached hydrogens (tertiary/aromatic N) is 1. The molecule has 1 aromatic heterocycles. The third kappa shape index (κ3) is 4.92. The van der Waals surface area contributed by atoms with Gasteiger partial charge in [0.2, 0.25) is 0 Å². The quantitative estimate of drug-likeness (QED) is 0.685. The van der Waals surface area contributed by atoms with E-state index in [1.807, 2.05) is 36.6 Å². The topological polar surface area (TPSA) is 80.3 Å². The van der Waals surface area contributed by atoms with E-state index >= 15 is 0 Å². The lowest BCUT2D eigenvalue weighted by atomic mass is 10.2. The van der Waals surface area contributed by atoms with E-state index in [2.05, 4.69) is 15.6 Å². The van der Waals surface area contributed by atoms with E-state index in [1.165, 1.54) is 0 Å². The van der Waals surface area contributed by atoms with Gasteiger partial charge in [-0.15, -0.1) is 11.3 Å². The number of nitrogens with one attached hydrogen (secondary N) is 2. The van der Waals surface area contributed by atoms with Crippen LogP contribution in [0.15, 0.2) is 53.9 Å². The summed E-state index contributed by atoms with van der Waals surface area (Å²) >= 11 is 1.59. The summed E-state index contributed by atoms with van der Waals surface area (Å²) in [4.78, 5) is 28.2. The molecule has 0 atom stereocenters. The minimum absolute atomic E-state index is 0.125. The molecule has 2 N–H and O–H groups in total. The Morgan fingerprint density at radius 1 is 1.15 bits per heavy atom. The van der Waals surface area contributed by atoms with Crippen molar-refractivity contribution < 1.29 is 14.3 Å². The number of ether oxygens (including phenoxy) is 1. The molecule has 0 spiro atoms. The van der Waals surface area contributed by atoms with Gasteiger partial charge < -0.3 is 15.4 Å². The number of aryl methyl sites for hydroxylation is 1. The van der Waals surface area contributed by atoms with Crippen LogP contribution in [0, 0.1) is 6.92 Å². The minimum Gasteiger partial charge on any atom is -0.484 e. The molecule has 3 aromatic rings. The lowest BCUT2D eigenvalue weighted by molar-refractivity contribution is -0.118. The van der Waals surface area contributed by atoms with Crippen molar-refractivity contribution in [2.45, 2.75) is 6.92 Å². The van der Waals surface area contributed by atoms with Crippen molar-refractivity contribution >= 4 is 28.8 Å². The third-order valence-electron chi connectivity index (χ3n) is 3.73. The first-order valence-corrected chi connectivity index (χ1v) is 9.20. The number of rotatable bonds is 6. The highest BCUT2D eigenvalue weighted by molar-refractivity contribution is 7.13. The standard InChI is InChI=1S/C20H19N3O3S/c1-13-12-27-20(22-13)14-6-8-17(9-7-14)26-11-18(24)23-16-5-3-4-15(10-16)19(25)21-2/h3-10,12H,11H2,1-2H3,(H,21,25)(H,23,24). The summed E-state index contributed by atoms with van der Waals surface area (Å²) in [5.74, 6) is 0.0860. The fourth-order valence-electron chi connectivity index (χ4n) is 2.41. The number of aromatic nitrogens is 1. The maximum absolute atomic E-state index is 12.1. The molecule has 2 amide bonds. The van der Waals surface area contributed by atoms with Crippen molar-refractivity contribution in [2.24, 2.45) is 0 Å². The van der Waals surface area contributed by atoms with Crippen molar-refractivity contribution in [2.75, 3.05) is 19.0 Å². The number of carbonyl (C=O) groups excluding carboxylic acids is 2. The fourth-order valence-corrected chi connectivity index (χ4v) is 3.21. The molecule has 2 aromatic carbocycles. The Morgan fingerprint density at radius 3 is 2.59 bits per heavy atom. The van der Waals surface area contributed by atoms with E-state index in [9.17, 15) is 9.59 Å². The number of benzene rings is 2. The molecule has 0 aliphatic rings. The second-order valence-corrected chi connectivity index (χ2v) is 6.67. The predicted molar refractivity (Wildman–Crippen MR) is 106 cm³/mol. The summed E-state index contributed by atoms with van der Waals surface area (Å²) < 4.78 is 5.53. The molecule has 0 bridgehead atoms. The Bertz CT molecular complexity index is 951. The molecule has 1 heterocycles. The van der Waals surface area contributed by atoms with Crippen LogP contribution in [0.2, 0.25) is 0 Å². The summed E-state index contributed by atoms with van der Waals surface area (Å²) in [7, 11) is 1.56. The Morgan fingerprint density at radius 2 is 1.93 bits per heavy atom. The van der Waals surface area contributed by atoms with Crippen LogP contribution in [-0.4, -0.2) is 30.5 Å². The second-order valence-electron chi connectivity index (χ2n) is 5.82. The summed E-state index contributed by atoms with van der Waals surface area (Å²) in [6, 6.07) is 14.2. The summed E-state index contributed by atoms with van der Waals surface area (Å²) in [5.41, 5.74) is 3.02. The first-order chi connectivity index (χ1) is 13.0. The summed E-state index contributed by atoms with van der Waals surface area (Å²) in [5, 5.41) is 8.22. The van der Waals surface area contributed by atoms with Gasteiger partial charge in [0.05, 0.1) is 0 Å². The highest BCUT2D eigenvalue weighted by atomic mass is 32.1. The van der Waals surface area contributed by atoms with Gasteiger partial charge in [-0.05, 0) is 49.4 Å². The first kappa shape index (κ1) is 18.6. The molecule has 0 fully saturated rings. The molecule has 0 saturated heterocycles. The van der Waals surface area contributed by atoms with E-state index in [1.54, 1.807) is 42.6 Å². The van der Waals surface area contributed by atoms with E-state index in [0.29, 0.717) is 17.0 Å². The van der Waals surface area contributed by atoms with E-state index < -0.39 is 0 Å². The zero-order valence-corrected chi connectivity index (χ0v) is 15.8. The van der Waals surface area contributed by atoms with Gasteiger partial charge in [0, 0.05) is 34.9 Å². The van der Waals surface area contributed by atoms with Crippen LogP contribution in [0.1, 0.15) is 16.1 Å². The smallest absolute Gasteiger partial charge is 0.262 e. The Balaban J connectivity index is 1.55. The van der Waals surface area contributed by atoms with Crippen LogP contribution < -0.4 is 15.4 Å². The van der Waals surface area contributed by atoms with Gasteiger partial charge in [0.1, 0.15) is 10.8 Å². The fraction of sp³-hybridized carbons (Fsp3) is 0.150. The first-order valence-electron chi connectivity index (χ1n) is 8.32. The van der Waals surface area contributed by atoms with E-state index in [0.717, 1.165) is 16.3 Å². The number of amides is 2. The zero-order valence-electron chi connectivity index (χ0n) is 15.0. The van der Waals surface area contributed by atoms with Crippen molar-refractivity contribution in [1.82, 2.24) is 10.3 Å². The normalized spacial score (nSPS) is 10.3. The second kappa shape index (κ2) is 8.46. The van der Waals surface area contributed by atoms with E-state index in [-0.39, 0.29) is 18.4 Å². The van der Waals surface area contributed by atoms with Gasteiger partial charge in [-0.25, -0.2) is 4.98 Å². The van der Waals surface area contributed by atoms with Crippen molar-refractivity contribution in [3.8, 4) is 16.3 Å². The van der Waals surface area contributed by atoms with Gasteiger partial charge in [0.25, 0.3) is 11.8 Å². The highest BCUT2D eigenvalue weighted by Gasteiger charge is 2.08. The maximum Gasteiger partial charge on any atom is 0.262 e. The molecule has 0 radical (unpaired) electrons. The van der Waals surface area contributed by atoms with Crippen molar-refractivity contribution in [3.63, 3.8) is 0 Å². The van der Waals surface area contributed by atoms with Crippen molar-refractivity contribution in [1.29, 1.82) is 0 Å². The van der Waals surface area contributed by atoms with Crippen LogP contribution >= 0.6 is 11.3 Å². The average molecular weight is 381 g/mol. The highest BCUT2D eigenvalue weighted by Crippen LogP contribution is 2.25. The largest absolute Gasteiger partial charge is 0.484 e. The Kier molecular flexibility index (Phi) is 5.83. The minimum atomic E-state index is -0.302.